The van der Waals surface area contributed by atoms with Gasteiger partial charge in [0, 0.05) is 43.0 Å². The summed E-state index contributed by atoms with van der Waals surface area (Å²) in [5.74, 6) is -0.244. The van der Waals surface area contributed by atoms with E-state index in [1.807, 2.05) is 87.8 Å². The van der Waals surface area contributed by atoms with Crippen LogP contribution in [0.2, 0.25) is 0 Å². The molecule has 1 aromatic heterocycles. The summed E-state index contributed by atoms with van der Waals surface area (Å²) in [7, 11) is 0. The molecule has 0 radical (unpaired) electrons. The maximum Gasteiger partial charge on any atom is 0.360 e. The lowest BCUT2D eigenvalue weighted by atomic mass is 9.86. The predicted molar refractivity (Wildman–Crippen MR) is 199 cm³/mol. The molecule has 1 saturated heterocycles. The molecule has 10 nitrogen and oxygen atoms in total. The Labute approximate surface area is 305 Å². The van der Waals surface area contributed by atoms with E-state index in [0.29, 0.717) is 18.8 Å². The highest BCUT2D eigenvalue weighted by Gasteiger charge is 2.37. The highest BCUT2D eigenvalue weighted by Crippen LogP contribution is 2.31. The predicted octanol–water partition coefficient (Wildman–Crippen LogP) is 7.50. The molecule has 2 aliphatic heterocycles. The van der Waals surface area contributed by atoms with E-state index in [0.717, 1.165) is 46.6 Å². The molecule has 2 unspecified atom stereocenters. The maximum atomic E-state index is 13.8. The Kier molecular flexibility index (Phi) is 11.5. The zero-order chi connectivity index (χ0) is 36.7. The first-order valence-electron chi connectivity index (χ1n) is 18.4. The van der Waals surface area contributed by atoms with Crippen molar-refractivity contribution >= 4 is 17.8 Å². The molecule has 0 aliphatic carbocycles. The van der Waals surface area contributed by atoms with Crippen molar-refractivity contribution in [1.82, 2.24) is 20.2 Å². The van der Waals surface area contributed by atoms with Crippen LogP contribution in [0.4, 0.5) is 0 Å². The fraction of sp³-hybridized carbons (Fsp3) is 0.405. The third kappa shape index (κ3) is 8.96. The highest BCUT2D eigenvalue weighted by molar-refractivity contribution is 6.00. The van der Waals surface area contributed by atoms with Crippen molar-refractivity contribution in [2.75, 3.05) is 19.7 Å². The van der Waals surface area contributed by atoms with Crippen molar-refractivity contribution in [3.05, 3.63) is 95.8 Å². The van der Waals surface area contributed by atoms with E-state index < -0.39 is 23.8 Å². The van der Waals surface area contributed by atoms with Crippen molar-refractivity contribution in [2.45, 2.75) is 84.1 Å². The topological polar surface area (TPSA) is 120 Å². The normalized spacial score (nSPS) is 17.7. The zero-order valence-corrected chi connectivity index (χ0v) is 30.5. The summed E-state index contributed by atoms with van der Waals surface area (Å²) in [6.45, 7) is 9.65. The number of hydrogen-bond acceptors (Lipinski definition) is 8. The van der Waals surface area contributed by atoms with Crippen LogP contribution in [0.15, 0.2) is 79.1 Å². The van der Waals surface area contributed by atoms with Gasteiger partial charge in [-0.05, 0) is 59.2 Å². The molecular formula is C42H48N4O6. The van der Waals surface area contributed by atoms with E-state index >= 15 is 0 Å². The number of ether oxygens (including phenoxy) is 1. The number of rotatable bonds is 11. The average molecular weight is 705 g/mol. The van der Waals surface area contributed by atoms with Crippen LogP contribution in [0, 0.1) is 5.92 Å². The maximum absolute atomic E-state index is 13.8. The second-order valence-corrected chi connectivity index (χ2v) is 14.7. The van der Waals surface area contributed by atoms with Gasteiger partial charge in [-0.15, -0.1) is 0 Å². The van der Waals surface area contributed by atoms with Crippen LogP contribution >= 0.6 is 0 Å². The second-order valence-electron chi connectivity index (χ2n) is 14.7. The molecule has 3 aromatic carbocycles. The number of carbonyl (C=O) groups is 3. The summed E-state index contributed by atoms with van der Waals surface area (Å²) in [5, 5.41) is 2.95. The van der Waals surface area contributed by atoms with Gasteiger partial charge in [0.05, 0.1) is 18.1 Å². The zero-order valence-electron chi connectivity index (χ0n) is 30.5. The largest absolute Gasteiger partial charge is 0.494 e. The van der Waals surface area contributed by atoms with E-state index in [-0.39, 0.29) is 35.6 Å². The highest BCUT2D eigenvalue weighted by atomic mass is 17.2. The molecule has 272 valence electrons. The molecule has 2 amide bonds. The molecule has 2 aliphatic rings. The van der Waals surface area contributed by atoms with E-state index in [4.69, 9.17) is 14.5 Å². The monoisotopic (exact) mass is 704 g/mol. The van der Waals surface area contributed by atoms with E-state index in [1.54, 1.807) is 17.0 Å². The summed E-state index contributed by atoms with van der Waals surface area (Å²) in [6.07, 6.45) is 10.4. The van der Waals surface area contributed by atoms with E-state index in [2.05, 4.69) is 22.2 Å². The quantitative estimate of drug-likeness (QED) is 0.126. The fourth-order valence-electron chi connectivity index (χ4n) is 6.50. The van der Waals surface area contributed by atoms with Gasteiger partial charge in [0.1, 0.15) is 11.8 Å². The number of fused-ring (bicyclic) bond motifs is 3. The number of unbranched alkanes of at least 4 members (excludes halogenated alkanes) is 4. The first kappa shape index (κ1) is 36.5. The number of benzene rings is 3. The molecule has 6 rings (SSSR count). The van der Waals surface area contributed by atoms with Crippen LogP contribution in [0.1, 0.15) is 87.7 Å². The molecular weight excluding hydrogens is 656 g/mol. The number of hydrogen-bond donors (Lipinski definition) is 1. The Morgan fingerprint density at radius 3 is 2.27 bits per heavy atom. The number of nitrogens with one attached hydrogen (secondary N) is 1. The Morgan fingerprint density at radius 2 is 1.56 bits per heavy atom. The molecule has 2 bridgehead atoms. The summed E-state index contributed by atoms with van der Waals surface area (Å²) in [6, 6.07) is 20.0. The number of amides is 2. The van der Waals surface area contributed by atoms with Crippen LogP contribution in [-0.2, 0) is 26.3 Å². The van der Waals surface area contributed by atoms with Crippen LogP contribution in [0.5, 0.6) is 11.5 Å². The smallest absolute Gasteiger partial charge is 0.360 e. The minimum absolute atomic E-state index is 0.129. The molecule has 2 atom stereocenters. The first-order valence-corrected chi connectivity index (χ1v) is 18.4. The Bertz CT molecular complexity index is 1850. The first-order chi connectivity index (χ1) is 25.1. The molecule has 0 saturated carbocycles. The molecule has 1 N–H and O–H groups in total. The average Bonchev–Trinajstić information content (AvgIpc) is 3.65. The second kappa shape index (κ2) is 16.4. The van der Waals surface area contributed by atoms with Crippen molar-refractivity contribution in [3.63, 3.8) is 0 Å². The van der Waals surface area contributed by atoms with Gasteiger partial charge >= 0.3 is 5.97 Å². The summed E-state index contributed by atoms with van der Waals surface area (Å²) in [4.78, 5) is 61.9. The minimum Gasteiger partial charge on any atom is -0.494 e. The van der Waals surface area contributed by atoms with Gasteiger partial charge < -0.3 is 15.0 Å². The molecule has 0 spiro atoms. The molecule has 52 heavy (non-hydrogen) atoms. The Balaban J connectivity index is 1.13. The van der Waals surface area contributed by atoms with Gasteiger partial charge in [0.25, 0.3) is 5.91 Å². The van der Waals surface area contributed by atoms with Crippen LogP contribution in [0.3, 0.4) is 0 Å². The van der Waals surface area contributed by atoms with E-state index in [1.165, 1.54) is 25.7 Å². The molecule has 3 heterocycles. The van der Waals surface area contributed by atoms with Gasteiger partial charge in [0.2, 0.25) is 5.91 Å². The SMILES string of the molecule is CCCCCCCOc1ccc(-c2cnc(-c3ccc(CC4NC(=O)c5ccc(C(C)(C)C)cc5OOC(=O)C5CCN(C5)C4=O)cc3)nc2)cc1. The summed E-state index contributed by atoms with van der Waals surface area (Å²) >= 11 is 0. The molecule has 4 aromatic rings. The van der Waals surface area contributed by atoms with Crippen molar-refractivity contribution in [3.8, 4) is 34.0 Å². The van der Waals surface area contributed by atoms with Crippen molar-refractivity contribution in [1.29, 1.82) is 0 Å². The standard InChI is InChI=1S/C42H48N4O6/c1-5-6-7-8-9-22-50-34-17-14-29(15-18-34)32-25-43-38(44-26-32)30-12-10-28(11-13-30)23-36-40(48)46-21-20-31(27-46)41(49)52-51-37-24-33(42(2,3)4)16-19-35(37)39(47)45-36/h10-19,24-26,31,36H,5-9,20-23,27H2,1-4H3,(H,45,47). The van der Waals surface area contributed by atoms with Gasteiger partial charge in [-0.25, -0.2) is 14.8 Å². The molecule has 1 fully saturated rings. The third-order valence-electron chi connectivity index (χ3n) is 9.75. The Morgan fingerprint density at radius 1 is 0.846 bits per heavy atom. The van der Waals surface area contributed by atoms with Crippen molar-refractivity contribution in [2.24, 2.45) is 5.92 Å². The lowest BCUT2D eigenvalue weighted by Gasteiger charge is -2.26. The minimum atomic E-state index is -0.860. The van der Waals surface area contributed by atoms with E-state index in [9.17, 15) is 14.4 Å². The lowest BCUT2D eigenvalue weighted by molar-refractivity contribution is -0.218. The van der Waals surface area contributed by atoms with Gasteiger partial charge in [0.15, 0.2) is 11.6 Å². The van der Waals surface area contributed by atoms with Crippen LogP contribution in [0.25, 0.3) is 22.5 Å². The van der Waals surface area contributed by atoms with Crippen LogP contribution < -0.4 is 14.9 Å². The fourth-order valence-corrected chi connectivity index (χ4v) is 6.50. The lowest BCUT2D eigenvalue weighted by Crippen LogP contribution is -2.49. The van der Waals surface area contributed by atoms with Gasteiger partial charge in [-0.3, -0.25) is 19.4 Å². The van der Waals surface area contributed by atoms with Gasteiger partial charge in [-0.2, -0.15) is 0 Å². The molecule has 10 heteroatoms. The van der Waals surface area contributed by atoms with Crippen molar-refractivity contribution < 1.29 is 28.9 Å². The van der Waals surface area contributed by atoms with Gasteiger partial charge in [-0.1, -0.05) is 95.8 Å². The number of carbonyl (C=O) groups excluding carboxylic acids is 3. The van der Waals surface area contributed by atoms with Crippen LogP contribution in [-0.4, -0.2) is 58.4 Å². The summed E-state index contributed by atoms with van der Waals surface area (Å²) < 4.78 is 5.90. The third-order valence-corrected chi connectivity index (χ3v) is 9.75. The number of aromatic nitrogens is 2. The number of nitrogens with zero attached hydrogens (tertiary/aromatic N) is 3. The Hall–Kier alpha value is -5.25. The summed E-state index contributed by atoms with van der Waals surface area (Å²) in [5.41, 5.74) is 4.44.